The monoisotopic (exact) mass is 240 g/mol. The molecule has 100 valence electrons. The van der Waals surface area contributed by atoms with Gasteiger partial charge in [0.2, 0.25) is 0 Å². The van der Waals surface area contributed by atoms with Gasteiger partial charge >= 0.3 is 5.97 Å². The maximum Gasteiger partial charge on any atom is 0.306 e. The molecular formula is C15H28O2. The topological polar surface area (TPSA) is 26.3 Å². The molecule has 2 heteroatoms. The first kappa shape index (κ1) is 14.5. The van der Waals surface area contributed by atoms with Crippen LogP contribution in [0.25, 0.3) is 0 Å². The van der Waals surface area contributed by atoms with Crippen molar-refractivity contribution in [1.82, 2.24) is 0 Å². The number of carbonyl (C=O) groups excluding carboxylic acids is 1. The van der Waals surface area contributed by atoms with Crippen molar-refractivity contribution in [1.29, 1.82) is 0 Å². The van der Waals surface area contributed by atoms with E-state index in [4.69, 9.17) is 4.74 Å². The van der Waals surface area contributed by atoms with Crippen molar-refractivity contribution in [3.8, 4) is 0 Å². The summed E-state index contributed by atoms with van der Waals surface area (Å²) in [5, 5.41) is 0. The minimum Gasteiger partial charge on any atom is -0.460 e. The van der Waals surface area contributed by atoms with Crippen LogP contribution in [-0.2, 0) is 9.53 Å². The van der Waals surface area contributed by atoms with Gasteiger partial charge in [-0.05, 0) is 64.2 Å². The van der Waals surface area contributed by atoms with Crippen LogP contribution in [0.1, 0.15) is 73.1 Å². The van der Waals surface area contributed by atoms with E-state index in [-0.39, 0.29) is 11.6 Å². The molecule has 0 aromatic heterocycles. The Hall–Kier alpha value is -0.530. The highest BCUT2D eigenvalue weighted by molar-refractivity contribution is 5.69. The molecule has 1 rings (SSSR count). The fourth-order valence-electron chi connectivity index (χ4n) is 2.46. The van der Waals surface area contributed by atoms with E-state index in [0.29, 0.717) is 11.8 Å². The lowest BCUT2D eigenvalue weighted by Crippen LogP contribution is -2.25. The van der Waals surface area contributed by atoms with Crippen LogP contribution in [0.3, 0.4) is 0 Å². The van der Waals surface area contributed by atoms with Gasteiger partial charge in [0.25, 0.3) is 0 Å². The maximum atomic E-state index is 11.6. The van der Waals surface area contributed by atoms with Gasteiger partial charge in [0.05, 0.1) is 0 Å². The lowest BCUT2D eigenvalue weighted by Gasteiger charge is -2.34. The highest BCUT2D eigenvalue weighted by Gasteiger charge is 2.27. The van der Waals surface area contributed by atoms with Crippen LogP contribution in [0.5, 0.6) is 0 Å². The molecular weight excluding hydrogens is 212 g/mol. The smallest absolute Gasteiger partial charge is 0.306 e. The summed E-state index contributed by atoms with van der Waals surface area (Å²) >= 11 is 0. The number of rotatable bonds is 3. The van der Waals surface area contributed by atoms with Crippen LogP contribution in [0.4, 0.5) is 0 Å². The van der Waals surface area contributed by atoms with E-state index in [0.717, 1.165) is 12.3 Å². The molecule has 0 heterocycles. The molecule has 1 fully saturated rings. The van der Waals surface area contributed by atoms with Crippen LogP contribution < -0.4 is 0 Å². The van der Waals surface area contributed by atoms with Crippen LogP contribution in [0.2, 0.25) is 0 Å². The lowest BCUT2D eigenvalue weighted by molar-refractivity contribution is -0.155. The van der Waals surface area contributed by atoms with E-state index >= 15 is 0 Å². The SMILES string of the molecule is CC1(C)CCC(CCC(=O)OC(C)(C)C)CC1. The second-order valence-corrected chi connectivity index (χ2v) is 7.23. The molecule has 0 aromatic carbocycles. The first-order chi connectivity index (χ1) is 7.68. The van der Waals surface area contributed by atoms with E-state index in [1.54, 1.807) is 0 Å². The Balaban J connectivity index is 2.22. The number of esters is 1. The number of carbonyl (C=O) groups is 1. The Morgan fingerprint density at radius 1 is 1.24 bits per heavy atom. The summed E-state index contributed by atoms with van der Waals surface area (Å²) < 4.78 is 5.33. The van der Waals surface area contributed by atoms with Crippen molar-refractivity contribution < 1.29 is 9.53 Å². The predicted molar refractivity (Wildman–Crippen MR) is 70.8 cm³/mol. The summed E-state index contributed by atoms with van der Waals surface area (Å²) in [6.45, 7) is 10.5. The Bertz CT molecular complexity index is 251. The molecule has 0 radical (unpaired) electrons. The Morgan fingerprint density at radius 3 is 2.24 bits per heavy atom. The van der Waals surface area contributed by atoms with Gasteiger partial charge in [0, 0.05) is 6.42 Å². The molecule has 1 aliphatic carbocycles. The van der Waals surface area contributed by atoms with Gasteiger partial charge in [-0.3, -0.25) is 4.79 Å². The number of ether oxygens (including phenoxy) is 1. The predicted octanol–water partition coefficient (Wildman–Crippen LogP) is 4.32. The van der Waals surface area contributed by atoms with E-state index in [1.807, 2.05) is 20.8 Å². The third-order valence-corrected chi connectivity index (χ3v) is 3.64. The number of hydrogen-bond donors (Lipinski definition) is 0. The fourth-order valence-corrected chi connectivity index (χ4v) is 2.46. The van der Waals surface area contributed by atoms with Crippen molar-refractivity contribution >= 4 is 5.97 Å². The van der Waals surface area contributed by atoms with Gasteiger partial charge < -0.3 is 4.74 Å². The van der Waals surface area contributed by atoms with Crippen molar-refractivity contribution in [3.05, 3.63) is 0 Å². The normalized spacial score (nSPS) is 21.2. The summed E-state index contributed by atoms with van der Waals surface area (Å²) in [5.41, 5.74) is 0.175. The zero-order valence-corrected chi connectivity index (χ0v) is 12.1. The van der Waals surface area contributed by atoms with Crippen molar-refractivity contribution in [2.45, 2.75) is 78.7 Å². The standard InChI is InChI=1S/C15H28O2/c1-14(2,3)17-13(16)7-6-12-8-10-15(4,5)11-9-12/h12H,6-11H2,1-5H3. The molecule has 0 amide bonds. The average molecular weight is 240 g/mol. The molecule has 17 heavy (non-hydrogen) atoms. The second-order valence-electron chi connectivity index (χ2n) is 7.23. The first-order valence-corrected chi connectivity index (χ1v) is 6.90. The molecule has 0 unspecified atom stereocenters. The van der Waals surface area contributed by atoms with Crippen LogP contribution in [-0.4, -0.2) is 11.6 Å². The molecule has 0 N–H and O–H groups in total. The zero-order valence-electron chi connectivity index (χ0n) is 12.1. The molecule has 2 nitrogen and oxygen atoms in total. The highest BCUT2D eigenvalue weighted by Crippen LogP contribution is 2.39. The average Bonchev–Trinajstić information content (AvgIpc) is 2.13. The van der Waals surface area contributed by atoms with Crippen molar-refractivity contribution in [3.63, 3.8) is 0 Å². The quantitative estimate of drug-likeness (QED) is 0.686. The molecule has 1 aliphatic rings. The second kappa shape index (κ2) is 5.41. The van der Waals surface area contributed by atoms with Crippen molar-refractivity contribution in [2.75, 3.05) is 0 Å². The van der Waals surface area contributed by atoms with Gasteiger partial charge in [0.1, 0.15) is 5.60 Å². The zero-order chi connectivity index (χ0) is 13.1. The van der Waals surface area contributed by atoms with E-state index in [2.05, 4.69) is 13.8 Å². The summed E-state index contributed by atoms with van der Waals surface area (Å²) in [6.07, 6.45) is 6.73. The summed E-state index contributed by atoms with van der Waals surface area (Å²) in [6, 6.07) is 0. The van der Waals surface area contributed by atoms with Crippen molar-refractivity contribution in [2.24, 2.45) is 11.3 Å². The Kier molecular flexibility index (Phi) is 4.62. The minimum absolute atomic E-state index is 0.0395. The van der Waals surface area contributed by atoms with Gasteiger partial charge in [-0.25, -0.2) is 0 Å². The van der Waals surface area contributed by atoms with Gasteiger partial charge in [-0.15, -0.1) is 0 Å². The van der Waals surface area contributed by atoms with Gasteiger partial charge in [-0.1, -0.05) is 13.8 Å². The summed E-state index contributed by atoms with van der Waals surface area (Å²) in [4.78, 5) is 11.6. The van der Waals surface area contributed by atoms with Gasteiger partial charge in [-0.2, -0.15) is 0 Å². The molecule has 0 bridgehead atoms. The summed E-state index contributed by atoms with van der Waals surface area (Å²) in [7, 11) is 0. The minimum atomic E-state index is -0.342. The molecule has 0 atom stereocenters. The fraction of sp³-hybridized carbons (Fsp3) is 0.933. The maximum absolute atomic E-state index is 11.6. The van der Waals surface area contributed by atoms with E-state index in [9.17, 15) is 4.79 Å². The van der Waals surface area contributed by atoms with Gasteiger partial charge in [0.15, 0.2) is 0 Å². The van der Waals surface area contributed by atoms with E-state index < -0.39 is 0 Å². The lowest BCUT2D eigenvalue weighted by atomic mass is 9.72. The largest absolute Gasteiger partial charge is 0.460 e. The molecule has 0 aromatic rings. The highest BCUT2D eigenvalue weighted by atomic mass is 16.6. The molecule has 0 spiro atoms. The molecule has 1 saturated carbocycles. The van der Waals surface area contributed by atoms with E-state index in [1.165, 1.54) is 25.7 Å². The molecule has 0 saturated heterocycles. The van der Waals surface area contributed by atoms with Crippen LogP contribution >= 0.6 is 0 Å². The Morgan fingerprint density at radius 2 is 1.76 bits per heavy atom. The third kappa shape index (κ3) is 6.09. The summed E-state index contributed by atoms with van der Waals surface area (Å²) in [5.74, 6) is 0.692. The number of hydrogen-bond acceptors (Lipinski definition) is 2. The van der Waals surface area contributed by atoms with Crippen LogP contribution in [0, 0.1) is 11.3 Å². The Labute approximate surface area is 106 Å². The first-order valence-electron chi connectivity index (χ1n) is 6.90. The molecule has 0 aliphatic heterocycles. The third-order valence-electron chi connectivity index (χ3n) is 3.64. The van der Waals surface area contributed by atoms with Crippen LogP contribution in [0.15, 0.2) is 0 Å².